The fourth-order valence-electron chi connectivity index (χ4n) is 4.12. The summed E-state index contributed by atoms with van der Waals surface area (Å²) in [4.78, 5) is 12.1. The number of hydrogen-bond acceptors (Lipinski definition) is 1. The van der Waals surface area contributed by atoms with Crippen LogP contribution in [0.2, 0.25) is 0 Å². The molecule has 0 aliphatic rings. The minimum atomic E-state index is -0.385. The second-order valence-electron chi connectivity index (χ2n) is 7.59. The van der Waals surface area contributed by atoms with Crippen LogP contribution in [0.4, 0.5) is 0 Å². The third kappa shape index (κ3) is 3.95. The smallest absolute Gasteiger partial charge is 0.249 e. The molecule has 0 radical (unpaired) electrons. The van der Waals surface area contributed by atoms with E-state index in [2.05, 4.69) is 69.9 Å². The summed E-state index contributed by atoms with van der Waals surface area (Å²) in [6.07, 6.45) is 4.73. The quantitative estimate of drug-likeness (QED) is 0.325. The molecule has 1 amide bonds. The van der Waals surface area contributed by atoms with E-state index in [0.29, 0.717) is 5.56 Å². The number of carbonyl (C=O) groups excluding carboxylic acids is 1. The average molecular weight is 449 g/mol. The maximum Gasteiger partial charge on any atom is 0.249 e. The van der Waals surface area contributed by atoms with Crippen molar-refractivity contribution in [1.82, 2.24) is 4.57 Å². The number of aryl methyl sites for hydroxylation is 1. The predicted octanol–water partition coefficient (Wildman–Crippen LogP) is 6.44. The van der Waals surface area contributed by atoms with Crippen LogP contribution in [0, 0.1) is 0 Å². The highest BCUT2D eigenvalue weighted by Gasteiger charge is 2.17. The molecule has 0 aliphatic carbocycles. The van der Waals surface area contributed by atoms with Crippen molar-refractivity contribution in [3.63, 3.8) is 0 Å². The van der Waals surface area contributed by atoms with Crippen LogP contribution in [0.3, 0.4) is 0 Å². The van der Waals surface area contributed by atoms with Crippen LogP contribution < -0.4 is 5.73 Å². The number of amides is 1. The minimum absolute atomic E-state index is 0.385. The summed E-state index contributed by atoms with van der Waals surface area (Å²) in [6, 6.07) is 20.8. The Bertz CT molecular complexity index is 1190. The van der Waals surface area contributed by atoms with E-state index in [4.69, 9.17) is 5.73 Å². The average Bonchev–Trinajstić information content (AvgIpc) is 3.01. The van der Waals surface area contributed by atoms with Gasteiger partial charge in [0, 0.05) is 32.9 Å². The highest BCUT2D eigenvalue weighted by molar-refractivity contribution is 9.10. The summed E-state index contributed by atoms with van der Waals surface area (Å²) in [5.41, 5.74) is 11.0. The van der Waals surface area contributed by atoms with Crippen LogP contribution in [0.15, 0.2) is 65.1 Å². The van der Waals surface area contributed by atoms with E-state index in [1.807, 2.05) is 18.2 Å². The molecule has 3 nitrogen and oxygen atoms in total. The molecule has 1 heterocycles. The number of hydrogen-bond donors (Lipinski definition) is 1. The number of fused-ring (bicyclic) bond motifs is 3. The second kappa shape index (κ2) is 8.42. The van der Waals surface area contributed by atoms with Gasteiger partial charge in [-0.15, -0.1) is 0 Å². The summed E-state index contributed by atoms with van der Waals surface area (Å²) in [5.74, 6) is -0.385. The lowest BCUT2D eigenvalue weighted by molar-refractivity contribution is 0.100. The van der Waals surface area contributed by atoms with E-state index in [1.165, 1.54) is 30.4 Å². The summed E-state index contributed by atoms with van der Waals surface area (Å²) >= 11 is 3.57. The van der Waals surface area contributed by atoms with Gasteiger partial charge in [-0.2, -0.15) is 0 Å². The Balaban J connectivity index is 1.92. The predicted molar refractivity (Wildman–Crippen MR) is 124 cm³/mol. The number of halogens is 1. The molecule has 0 bridgehead atoms. The molecule has 4 aromatic rings. The monoisotopic (exact) mass is 448 g/mol. The fraction of sp³-hybridized carbons (Fsp3) is 0.240. The van der Waals surface area contributed by atoms with Gasteiger partial charge in [-0.1, -0.05) is 66.0 Å². The molecule has 0 saturated heterocycles. The third-order valence-corrected chi connectivity index (χ3v) is 6.01. The van der Waals surface area contributed by atoms with E-state index in [0.717, 1.165) is 39.2 Å². The largest absolute Gasteiger partial charge is 0.366 e. The van der Waals surface area contributed by atoms with E-state index in [9.17, 15) is 4.79 Å². The number of aromatic nitrogens is 1. The van der Waals surface area contributed by atoms with Gasteiger partial charge in [-0.3, -0.25) is 4.79 Å². The number of nitrogens with two attached hydrogens (primary N) is 1. The van der Waals surface area contributed by atoms with Crippen molar-refractivity contribution >= 4 is 43.6 Å². The Kier molecular flexibility index (Phi) is 5.72. The van der Waals surface area contributed by atoms with Crippen molar-refractivity contribution in [2.75, 3.05) is 0 Å². The number of carbonyl (C=O) groups is 1. The van der Waals surface area contributed by atoms with E-state index < -0.39 is 0 Å². The zero-order chi connectivity index (χ0) is 20.4. The molecule has 0 saturated carbocycles. The van der Waals surface area contributed by atoms with Gasteiger partial charge in [0.2, 0.25) is 5.91 Å². The highest BCUT2D eigenvalue weighted by atomic mass is 79.9. The molecule has 4 rings (SSSR count). The summed E-state index contributed by atoms with van der Waals surface area (Å²) in [7, 11) is 0. The van der Waals surface area contributed by atoms with Crippen molar-refractivity contribution in [3.8, 4) is 0 Å². The molecule has 0 fully saturated rings. The van der Waals surface area contributed by atoms with Crippen LogP contribution in [-0.2, 0) is 13.0 Å². The third-order valence-electron chi connectivity index (χ3n) is 5.52. The topological polar surface area (TPSA) is 48.0 Å². The fourth-order valence-corrected chi connectivity index (χ4v) is 4.56. The lowest BCUT2D eigenvalue weighted by atomic mass is 10.0. The van der Waals surface area contributed by atoms with Crippen LogP contribution in [0.5, 0.6) is 0 Å². The number of primary amides is 1. The molecule has 0 spiro atoms. The molecule has 4 heteroatoms. The van der Waals surface area contributed by atoms with Gasteiger partial charge in [0.1, 0.15) is 0 Å². The summed E-state index contributed by atoms with van der Waals surface area (Å²) in [5, 5.41) is 2.04. The molecule has 2 N–H and O–H groups in total. The van der Waals surface area contributed by atoms with Gasteiger partial charge >= 0.3 is 0 Å². The van der Waals surface area contributed by atoms with E-state index >= 15 is 0 Å². The van der Waals surface area contributed by atoms with E-state index in [-0.39, 0.29) is 5.91 Å². The molecular formula is C25H25BrN2O. The van der Waals surface area contributed by atoms with Gasteiger partial charge in [-0.25, -0.2) is 0 Å². The first-order valence-electron chi connectivity index (χ1n) is 10.2. The molecule has 0 unspecified atom stereocenters. The second-order valence-corrected chi connectivity index (χ2v) is 8.50. The summed E-state index contributed by atoms with van der Waals surface area (Å²) < 4.78 is 3.37. The molecule has 29 heavy (non-hydrogen) atoms. The Morgan fingerprint density at radius 2 is 1.79 bits per heavy atom. The first-order valence-corrected chi connectivity index (χ1v) is 11.0. The molecule has 0 atom stereocenters. The zero-order valence-electron chi connectivity index (χ0n) is 16.6. The lowest BCUT2D eigenvalue weighted by Gasteiger charge is -2.09. The highest BCUT2D eigenvalue weighted by Crippen LogP contribution is 2.33. The van der Waals surface area contributed by atoms with Gasteiger partial charge in [0.05, 0.1) is 5.52 Å². The van der Waals surface area contributed by atoms with Crippen LogP contribution in [0.25, 0.3) is 21.8 Å². The molecule has 3 aromatic carbocycles. The maximum absolute atomic E-state index is 12.1. The van der Waals surface area contributed by atoms with Gasteiger partial charge < -0.3 is 10.3 Å². The van der Waals surface area contributed by atoms with Gasteiger partial charge in [-0.05, 0) is 54.3 Å². The molecule has 0 aliphatic heterocycles. The normalized spacial score (nSPS) is 11.4. The van der Waals surface area contributed by atoms with Crippen LogP contribution >= 0.6 is 15.9 Å². The number of rotatable bonds is 7. The van der Waals surface area contributed by atoms with Gasteiger partial charge in [0.25, 0.3) is 0 Å². The summed E-state index contributed by atoms with van der Waals surface area (Å²) in [6.45, 7) is 2.96. The Morgan fingerprint density at radius 3 is 2.55 bits per heavy atom. The van der Waals surface area contributed by atoms with Crippen LogP contribution in [0.1, 0.15) is 47.7 Å². The van der Waals surface area contributed by atoms with Crippen molar-refractivity contribution in [2.45, 2.75) is 39.2 Å². The Labute approximate surface area is 179 Å². The standard InChI is InChI=1S/C25H25BrN2O/c1-2-3-4-7-17-12-13-20-23(15-17)28(16-18-8-5-9-19(26)14-18)22-11-6-10-21(24(20)22)25(27)29/h5-6,8-15H,2-4,7,16H2,1H3,(H2,27,29). The van der Waals surface area contributed by atoms with Crippen molar-refractivity contribution in [1.29, 1.82) is 0 Å². The molecular weight excluding hydrogens is 424 g/mol. The zero-order valence-corrected chi connectivity index (χ0v) is 18.2. The Morgan fingerprint density at radius 1 is 0.966 bits per heavy atom. The Hall–Kier alpha value is -2.59. The van der Waals surface area contributed by atoms with Crippen molar-refractivity contribution in [3.05, 3.63) is 81.8 Å². The lowest BCUT2D eigenvalue weighted by Crippen LogP contribution is -2.11. The molecule has 1 aromatic heterocycles. The van der Waals surface area contributed by atoms with Crippen LogP contribution in [-0.4, -0.2) is 10.5 Å². The SMILES string of the molecule is CCCCCc1ccc2c3c(C(N)=O)cccc3n(Cc3cccc(Br)c3)c2c1. The first kappa shape index (κ1) is 19.7. The number of unbranched alkanes of at least 4 members (excludes halogenated alkanes) is 2. The minimum Gasteiger partial charge on any atom is -0.366 e. The van der Waals surface area contributed by atoms with Crippen molar-refractivity contribution < 1.29 is 4.79 Å². The van der Waals surface area contributed by atoms with Gasteiger partial charge in [0.15, 0.2) is 0 Å². The number of nitrogens with zero attached hydrogens (tertiary/aromatic N) is 1. The first-order chi connectivity index (χ1) is 14.1. The van der Waals surface area contributed by atoms with Crippen molar-refractivity contribution in [2.24, 2.45) is 5.73 Å². The maximum atomic E-state index is 12.1. The van der Waals surface area contributed by atoms with E-state index in [1.54, 1.807) is 0 Å². The number of benzene rings is 3. The molecule has 148 valence electrons.